The van der Waals surface area contributed by atoms with Crippen LogP contribution in [0.15, 0.2) is 0 Å². The molecule has 0 aliphatic carbocycles. The summed E-state index contributed by atoms with van der Waals surface area (Å²) in [7, 11) is 1.44. The fourth-order valence-corrected chi connectivity index (χ4v) is 2.06. The maximum Gasteiger partial charge on any atom is 0.288 e. The predicted octanol–water partition coefficient (Wildman–Crippen LogP) is 1.05. The summed E-state index contributed by atoms with van der Waals surface area (Å²) in [6.45, 7) is 1.75. The molecule has 1 saturated heterocycles. The van der Waals surface area contributed by atoms with Crippen molar-refractivity contribution in [2.45, 2.75) is 25.0 Å². The molecular formula is C8H11NO3S. The van der Waals surface area contributed by atoms with E-state index in [0.29, 0.717) is 6.42 Å². The zero-order chi connectivity index (χ0) is 10.0. The SMILES string of the molecule is CCC(=O)CC1SC(=O)N(C)C1=O. The Labute approximate surface area is 80.7 Å². The van der Waals surface area contributed by atoms with Gasteiger partial charge in [-0.05, 0) is 0 Å². The van der Waals surface area contributed by atoms with Gasteiger partial charge in [-0.2, -0.15) is 0 Å². The molecule has 1 rings (SSSR count). The van der Waals surface area contributed by atoms with Crippen LogP contribution in [0.1, 0.15) is 19.8 Å². The Morgan fingerprint density at radius 3 is 2.54 bits per heavy atom. The van der Waals surface area contributed by atoms with Crippen molar-refractivity contribution in [1.29, 1.82) is 0 Å². The second kappa shape index (κ2) is 3.91. The van der Waals surface area contributed by atoms with Crippen molar-refractivity contribution in [2.24, 2.45) is 0 Å². The van der Waals surface area contributed by atoms with Crippen LogP contribution in [-0.2, 0) is 9.59 Å². The molecule has 1 heterocycles. The summed E-state index contributed by atoms with van der Waals surface area (Å²) < 4.78 is 0. The Kier molecular flexibility index (Phi) is 3.08. The van der Waals surface area contributed by atoms with Crippen molar-refractivity contribution in [3.63, 3.8) is 0 Å². The van der Waals surface area contributed by atoms with Crippen LogP contribution in [0, 0.1) is 0 Å². The summed E-state index contributed by atoms with van der Waals surface area (Å²) in [5.41, 5.74) is 0. The van der Waals surface area contributed by atoms with E-state index in [1.54, 1.807) is 6.92 Å². The van der Waals surface area contributed by atoms with Gasteiger partial charge in [0.15, 0.2) is 0 Å². The van der Waals surface area contributed by atoms with E-state index >= 15 is 0 Å². The van der Waals surface area contributed by atoms with Crippen molar-refractivity contribution in [1.82, 2.24) is 4.90 Å². The molecule has 1 fully saturated rings. The third-order valence-electron chi connectivity index (χ3n) is 1.93. The molecule has 0 saturated carbocycles. The molecule has 0 aromatic carbocycles. The average molecular weight is 201 g/mol. The lowest BCUT2D eigenvalue weighted by molar-refractivity contribution is -0.128. The van der Waals surface area contributed by atoms with Crippen molar-refractivity contribution in [3.8, 4) is 0 Å². The quantitative estimate of drug-likeness (QED) is 0.684. The van der Waals surface area contributed by atoms with Crippen LogP contribution in [0.2, 0.25) is 0 Å². The first kappa shape index (κ1) is 10.2. The zero-order valence-electron chi connectivity index (χ0n) is 7.57. The topological polar surface area (TPSA) is 54.5 Å². The molecule has 5 heteroatoms. The first-order valence-electron chi connectivity index (χ1n) is 4.06. The van der Waals surface area contributed by atoms with E-state index in [0.717, 1.165) is 16.7 Å². The Morgan fingerprint density at radius 1 is 1.54 bits per heavy atom. The van der Waals surface area contributed by atoms with Crippen LogP contribution in [0.3, 0.4) is 0 Å². The number of hydrogen-bond acceptors (Lipinski definition) is 4. The maximum absolute atomic E-state index is 11.3. The molecule has 1 unspecified atom stereocenters. The lowest BCUT2D eigenvalue weighted by Crippen LogP contribution is -2.28. The maximum atomic E-state index is 11.3. The molecule has 2 amide bonds. The number of carbonyl (C=O) groups is 3. The van der Waals surface area contributed by atoms with E-state index < -0.39 is 5.25 Å². The number of ketones is 1. The van der Waals surface area contributed by atoms with Crippen LogP contribution in [0.5, 0.6) is 0 Å². The number of nitrogens with zero attached hydrogens (tertiary/aromatic N) is 1. The van der Waals surface area contributed by atoms with Crippen molar-refractivity contribution in [2.75, 3.05) is 7.05 Å². The summed E-state index contributed by atoms with van der Waals surface area (Å²) in [5, 5.41) is -0.746. The van der Waals surface area contributed by atoms with E-state index in [9.17, 15) is 14.4 Å². The normalized spacial score (nSPS) is 22.6. The summed E-state index contributed by atoms with van der Waals surface area (Å²) in [6.07, 6.45) is 0.596. The summed E-state index contributed by atoms with van der Waals surface area (Å²) in [4.78, 5) is 34.4. The van der Waals surface area contributed by atoms with E-state index in [1.807, 2.05) is 0 Å². The third kappa shape index (κ3) is 2.09. The smallest absolute Gasteiger partial charge is 0.288 e. The molecule has 4 nitrogen and oxygen atoms in total. The van der Waals surface area contributed by atoms with Crippen molar-refractivity contribution < 1.29 is 14.4 Å². The van der Waals surface area contributed by atoms with Crippen LogP contribution < -0.4 is 0 Å². The molecule has 0 aromatic heterocycles. The average Bonchev–Trinajstić information content (AvgIpc) is 2.34. The van der Waals surface area contributed by atoms with Gasteiger partial charge in [-0.1, -0.05) is 18.7 Å². The molecule has 72 valence electrons. The van der Waals surface area contributed by atoms with E-state index in [2.05, 4.69) is 0 Å². The molecule has 0 aromatic rings. The van der Waals surface area contributed by atoms with Gasteiger partial charge in [0.25, 0.3) is 5.24 Å². The minimum Gasteiger partial charge on any atom is -0.300 e. The summed E-state index contributed by atoms with van der Waals surface area (Å²) >= 11 is 0.942. The molecule has 0 N–H and O–H groups in total. The van der Waals surface area contributed by atoms with E-state index in [-0.39, 0.29) is 23.4 Å². The molecule has 1 aliphatic heterocycles. The molecular weight excluding hydrogens is 190 g/mol. The summed E-state index contributed by atoms with van der Waals surface area (Å²) in [5.74, 6) is -0.231. The van der Waals surface area contributed by atoms with Gasteiger partial charge in [0.05, 0.1) is 0 Å². The van der Waals surface area contributed by atoms with Crippen LogP contribution in [0.4, 0.5) is 4.79 Å². The highest BCUT2D eigenvalue weighted by atomic mass is 32.2. The van der Waals surface area contributed by atoms with E-state index in [1.165, 1.54) is 7.05 Å². The molecule has 13 heavy (non-hydrogen) atoms. The van der Waals surface area contributed by atoms with Crippen molar-refractivity contribution >= 4 is 28.7 Å². The zero-order valence-corrected chi connectivity index (χ0v) is 8.39. The van der Waals surface area contributed by atoms with Crippen LogP contribution in [-0.4, -0.2) is 34.1 Å². The highest BCUT2D eigenvalue weighted by Crippen LogP contribution is 2.28. The van der Waals surface area contributed by atoms with Crippen LogP contribution >= 0.6 is 11.8 Å². The number of carbonyl (C=O) groups excluding carboxylic acids is 3. The Balaban J connectivity index is 2.59. The van der Waals surface area contributed by atoms with Gasteiger partial charge in [0.2, 0.25) is 5.91 Å². The Bertz CT molecular complexity index is 264. The highest BCUT2D eigenvalue weighted by Gasteiger charge is 2.37. The second-order valence-electron chi connectivity index (χ2n) is 2.87. The number of Topliss-reactive ketones (excluding diaryl/α,β-unsaturated/α-hetero) is 1. The highest BCUT2D eigenvalue weighted by molar-refractivity contribution is 8.15. The first-order chi connectivity index (χ1) is 6.06. The second-order valence-corrected chi connectivity index (χ2v) is 4.02. The molecule has 1 aliphatic rings. The van der Waals surface area contributed by atoms with E-state index in [4.69, 9.17) is 0 Å². The monoisotopic (exact) mass is 201 g/mol. The van der Waals surface area contributed by atoms with Gasteiger partial charge < -0.3 is 0 Å². The van der Waals surface area contributed by atoms with Gasteiger partial charge >= 0.3 is 0 Å². The Hall–Kier alpha value is -0.840. The largest absolute Gasteiger partial charge is 0.300 e. The third-order valence-corrected chi connectivity index (χ3v) is 3.06. The number of rotatable bonds is 3. The number of hydrogen-bond donors (Lipinski definition) is 0. The predicted molar refractivity (Wildman–Crippen MR) is 49.5 cm³/mol. The number of thioether (sulfide) groups is 1. The standard InChI is InChI=1S/C8H11NO3S/c1-3-5(10)4-6-7(11)9(2)8(12)13-6/h6H,3-4H2,1-2H3. The molecule has 0 radical (unpaired) electrons. The molecule has 0 bridgehead atoms. The van der Waals surface area contributed by atoms with Gasteiger partial charge in [-0.3, -0.25) is 19.3 Å². The minimum absolute atomic E-state index is 0.0222. The van der Waals surface area contributed by atoms with Gasteiger partial charge in [0, 0.05) is 19.9 Å². The molecule has 1 atom stereocenters. The minimum atomic E-state index is -0.482. The fraction of sp³-hybridized carbons (Fsp3) is 0.625. The van der Waals surface area contributed by atoms with Gasteiger partial charge in [0.1, 0.15) is 11.0 Å². The first-order valence-corrected chi connectivity index (χ1v) is 4.94. The van der Waals surface area contributed by atoms with Crippen molar-refractivity contribution in [3.05, 3.63) is 0 Å². The lowest BCUT2D eigenvalue weighted by atomic mass is 10.1. The summed E-state index contributed by atoms with van der Waals surface area (Å²) in [6, 6.07) is 0. The Morgan fingerprint density at radius 2 is 2.15 bits per heavy atom. The number of imide groups is 1. The van der Waals surface area contributed by atoms with Gasteiger partial charge in [-0.15, -0.1) is 0 Å². The fourth-order valence-electron chi connectivity index (χ4n) is 1.04. The lowest BCUT2D eigenvalue weighted by Gasteiger charge is -2.05. The van der Waals surface area contributed by atoms with Gasteiger partial charge in [-0.25, -0.2) is 0 Å². The van der Waals surface area contributed by atoms with Crippen LogP contribution in [0.25, 0.3) is 0 Å². The number of amides is 2. The molecule has 0 spiro atoms.